The van der Waals surface area contributed by atoms with Gasteiger partial charge in [-0.2, -0.15) is 17.5 Å². The number of anilines is 1. The van der Waals surface area contributed by atoms with E-state index in [1.165, 1.54) is 12.1 Å². The van der Waals surface area contributed by atoms with E-state index in [2.05, 4.69) is 14.7 Å². The number of hydrogen-bond acceptors (Lipinski definition) is 4. The van der Waals surface area contributed by atoms with Crippen molar-refractivity contribution in [1.82, 2.24) is 9.36 Å². The molecule has 0 atom stereocenters. The third kappa shape index (κ3) is 3.47. The summed E-state index contributed by atoms with van der Waals surface area (Å²) in [6, 6.07) is 5.51. The molecule has 0 aliphatic rings. The average Bonchev–Trinajstić information content (AvgIpc) is 2.84. The molecule has 0 radical (unpaired) electrons. The number of hydrogen-bond donors (Lipinski definition) is 1. The zero-order valence-corrected chi connectivity index (χ0v) is 11.8. The van der Waals surface area contributed by atoms with Crippen molar-refractivity contribution >= 4 is 16.7 Å². The van der Waals surface area contributed by atoms with E-state index in [9.17, 15) is 13.2 Å². The Labute approximate surface area is 119 Å². The molecule has 1 heterocycles. The Balaban J connectivity index is 2.11. The fourth-order valence-electron chi connectivity index (χ4n) is 1.66. The molecule has 0 amide bonds. The first kappa shape index (κ1) is 14.8. The summed E-state index contributed by atoms with van der Waals surface area (Å²) in [4.78, 5) is 4.23. The van der Waals surface area contributed by atoms with Gasteiger partial charge in [0.25, 0.3) is 0 Å². The van der Waals surface area contributed by atoms with Crippen LogP contribution in [-0.4, -0.2) is 9.36 Å². The fourth-order valence-corrected chi connectivity index (χ4v) is 2.37. The van der Waals surface area contributed by atoms with Crippen LogP contribution in [0.15, 0.2) is 24.3 Å². The molecule has 0 saturated heterocycles. The SMILES string of the molecule is CC(C)c1nsc(NCc2ccccc2C(F)(F)F)n1. The van der Waals surface area contributed by atoms with Crippen LogP contribution in [0.2, 0.25) is 0 Å². The average molecular weight is 301 g/mol. The van der Waals surface area contributed by atoms with Gasteiger partial charge in [0, 0.05) is 24.0 Å². The predicted octanol–water partition coefficient (Wildman–Crippen LogP) is 4.29. The standard InChI is InChI=1S/C13H14F3N3S/c1-8(2)11-18-12(20-19-11)17-7-9-5-3-4-6-10(9)13(14,15)16/h3-6,8H,7H2,1-2H3,(H,17,18,19). The lowest BCUT2D eigenvalue weighted by molar-refractivity contribution is -0.138. The van der Waals surface area contributed by atoms with Gasteiger partial charge in [0.2, 0.25) is 5.13 Å². The largest absolute Gasteiger partial charge is 0.416 e. The smallest absolute Gasteiger partial charge is 0.356 e. The molecule has 2 rings (SSSR count). The topological polar surface area (TPSA) is 37.8 Å². The molecule has 3 nitrogen and oxygen atoms in total. The quantitative estimate of drug-likeness (QED) is 0.915. The molecule has 1 aromatic heterocycles. The molecule has 0 aliphatic carbocycles. The molecule has 0 unspecified atom stereocenters. The zero-order chi connectivity index (χ0) is 14.8. The van der Waals surface area contributed by atoms with Crippen molar-refractivity contribution < 1.29 is 13.2 Å². The van der Waals surface area contributed by atoms with Gasteiger partial charge in [-0.25, -0.2) is 4.98 Å². The third-order valence-electron chi connectivity index (χ3n) is 2.71. The maximum absolute atomic E-state index is 12.8. The van der Waals surface area contributed by atoms with Crippen LogP contribution in [0.4, 0.5) is 18.3 Å². The van der Waals surface area contributed by atoms with Gasteiger partial charge in [0.1, 0.15) is 5.82 Å². The third-order valence-corrected chi connectivity index (χ3v) is 3.40. The van der Waals surface area contributed by atoms with Crippen LogP contribution < -0.4 is 5.32 Å². The van der Waals surface area contributed by atoms with Crippen molar-refractivity contribution in [2.24, 2.45) is 0 Å². The van der Waals surface area contributed by atoms with E-state index >= 15 is 0 Å². The van der Waals surface area contributed by atoms with E-state index in [1.54, 1.807) is 6.07 Å². The highest BCUT2D eigenvalue weighted by molar-refractivity contribution is 7.09. The highest BCUT2D eigenvalue weighted by Gasteiger charge is 2.32. The van der Waals surface area contributed by atoms with Gasteiger partial charge >= 0.3 is 6.18 Å². The van der Waals surface area contributed by atoms with Gasteiger partial charge in [0.05, 0.1) is 5.56 Å². The van der Waals surface area contributed by atoms with Crippen molar-refractivity contribution in [2.75, 3.05) is 5.32 Å². The number of benzene rings is 1. The number of nitrogens with one attached hydrogen (secondary N) is 1. The first-order chi connectivity index (χ1) is 9.38. The number of alkyl halides is 3. The lowest BCUT2D eigenvalue weighted by Gasteiger charge is -2.12. The summed E-state index contributed by atoms with van der Waals surface area (Å²) < 4.78 is 42.6. The molecular weight excluding hydrogens is 287 g/mol. The van der Waals surface area contributed by atoms with E-state index in [1.807, 2.05) is 13.8 Å². The molecule has 0 bridgehead atoms. The Bertz CT molecular complexity index is 578. The lowest BCUT2D eigenvalue weighted by Crippen LogP contribution is -2.11. The van der Waals surface area contributed by atoms with Gasteiger partial charge < -0.3 is 5.32 Å². The Morgan fingerprint density at radius 2 is 1.95 bits per heavy atom. The van der Waals surface area contributed by atoms with Crippen molar-refractivity contribution in [3.05, 3.63) is 41.2 Å². The first-order valence-electron chi connectivity index (χ1n) is 6.10. The van der Waals surface area contributed by atoms with Crippen LogP contribution in [0.1, 0.15) is 36.7 Å². The molecule has 7 heteroatoms. The monoisotopic (exact) mass is 301 g/mol. The van der Waals surface area contributed by atoms with E-state index < -0.39 is 11.7 Å². The van der Waals surface area contributed by atoms with E-state index in [0.717, 1.165) is 17.6 Å². The van der Waals surface area contributed by atoms with E-state index in [4.69, 9.17) is 0 Å². The van der Waals surface area contributed by atoms with Gasteiger partial charge in [-0.1, -0.05) is 32.0 Å². The second-order valence-corrected chi connectivity index (χ2v) is 5.37. The molecule has 0 spiro atoms. The minimum absolute atomic E-state index is 0.0718. The molecule has 1 aromatic carbocycles. The Hall–Kier alpha value is -1.63. The molecular formula is C13H14F3N3S. The van der Waals surface area contributed by atoms with Crippen molar-refractivity contribution in [1.29, 1.82) is 0 Å². The van der Waals surface area contributed by atoms with Crippen LogP contribution in [0.5, 0.6) is 0 Å². The summed E-state index contributed by atoms with van der Waals surface area (Å²) in [5, 5.41) is 3.43. The summed E-state index contributed by atoms with van der Waals surface area (Å²) in [6.07, 6.45) is -4.34. The maximum atomic E-state index is 12.8. The van der Waals surface area contributed by atoms with Gasteiger partial charge in [-0.15, -0.1) is 0 Å². The minimum atomic E-state index is -4.34. The van der Waals surface area contributed by atoms with Gasteiger partial charge in [0.15, 0.2) is 0 Å². The van der Waals surface area contributed by atoms with E-state index in [0.29, 0.717) is 11.0 Å². The van der Waals surface area contributed by atoms with Crippen LogP contribution in [0.3, 0.4) is 0 Å². The second kappa shape index (κ2) is 5.78. The van der Waals surface area contributed by atoms with E-state index in [-0.39, 0.29) is 18.0 Å². The molecule has 1 N–H and O–H groups in total. The highest BCUT2D eigenvalue weighted by Crippen LogP contribution is 2.32. The van der Waals surface area contributed by atoms with Crippen LogP contribution in [-0.2, 0) is 12.7 Å². The molecule has 20 heavy (non-hydrogen) atoms. The fraction of sp³-hybridized carbons (Fsp3) is 0.385. The number of halogens is 3. The van der Waals surface area contributed by atoms with Gasteiger partial charge in [-0.3, -0.25) is 0 Å². The van der Waals surface area contributed by atoms with Crippen molar-refractivity contribution in [3.63, 3.8) is 0 Å². The minimum Gasteiger partial charge on any atom is -0.356 e. The first-order valence-corrected chi connectivity index (χ1v) is 6.88. The second-order valence-electron chi connectivity index (χ2n) is 4.62. The molecule has 0 saturated carbocycles. The lowest BCUT2D eigenvalue weighted by atomic mass is 10.1. The highest BCUT2D eigenvalue weighted by atomic mass is 32.1. The van der Waals surface area contributed by atoms with Gasteiger partial charge in [-0.05, 0) is 11.6 Å². The number of nitrogens with zero attached hydrogens (tertiary/aromatic N) is 2. The molecule has 108 valence electrons. The molecule has 0 fully saturated rings. The number of aromatic nitrogens is 2. The Kier molecular flexibility index (Phi) is 4.27. The van der Waals surface area contributed by atoms with Crippen molar-refractivity contribution in [3.8, 4) is 0 Å². The summed E-state index contributed by atoms with van der Waals surface area (Å²) in [5.74, 6) is 0.894. The summed E-state index contributed by atoms with van der Waals surface area (Å²) in [7, 11) is 0. The maximum Gasteiger partial charge on any atom is 0.416 e. The molecule has 2 aromatic rings. The normalized spacial score (nSPS) is 11.9. The zero-order valence-electron chi connectivity index (χ0n) is 11.0. The van der Waals surface area contributed by atoms with Crippen LogP contribution >= 0.6 is 11.5 Å². The van der Waals surface area contributed by atoms with Crippen LogP contribution in [0.25, 0.3) is 0 Å². The molecule has 0 aliphatic heterocycles. The summed E-state index contributed by atoms with van der Waals surface area (Å²) in [6.45, 7) is 4.00. The predicted molar refractivity (Wildman–Crippen MR) is 72.8 cm³/mol. The summed E-state index contributed by atoms with van der Waals surface area (Å²) in [5.41, 5.74) is -0.428. The van der Waals surface area contributed by atoms with Crippen LogP contribution in [0, 0.1) is 0 Å². The Morgan fingerprint density at radius 1 is 1.25 bits per heavy atom. The van der Waals surface area contributed by atoms with Crippen molar-refractivity contribution in [2.45, 2.75) is 32.5 Å². The Morgan fingerprint density at radius 3 is 2.55 bits per heavy atom. The summed E-state index contributed by atoms with van der Waals surface area (Å²) >= 11 is 1.16. The number of rotatable bonds is 4.